The Morgan fingerprint density at radius 1 is 1.25 bits per heavy atom. The molecule has 7 heteroatoms. The van der Waals surface area contributed by atoms with Crippen molar-refractivity contribution in [3.63, 3.8) is 0 Å². The minimum atomic E-state index is 0. The molecule has 0 saturated carbocycles. The Hall–Kier alpha value is -1.01. The number of hydrogen-bond acceptors (Lipinski definition) is 4. The van der Waals surface area contributed by atoms with Crippen LogP contribution in [0.4, 0.5) is 0 Å². The monoisotopic (exact) mass is 376 g/mol. The van der Waals surface area contributed by atoms with Crippen molar-refractivity contribution in [1.82, 2.24) is 4.90 Å². The molecule has 0 radical (unpaired) electrons. The van der Waals surface area contributed by atoms with Gasteiger partial charge in [0.2, 0.25) is 5.91 Å². The third-order valence-corrected chi connectivity index (χ3v) is 4.22. The Kier molecular flexibility index (Phi) is 10.1. The number of carbonyl (C=O) groups excluding carboxylic acids is 1. The van der Waals surface area contributed by atoms with Gasteiger partial charge in [-0.2, -0.15) is 0 Å². The maximum absolute atomic E-state index is 12.2. The molecule has 136 valence electrons. The van der Waals surface area contributed by atoms with Crippen LogP contribution in [0, 0.1) is 0 Å². The summed E-state index contributed by atoms with van der Waals surface area (Å²) in [7, 11) is 0. The van der Waals surface area contributed by atoms with E-state index in [0.29, 0.717) is 37.0 Å². The lowest BCUT2D eigenvalue weighted by atomic mass is 10.1. The normalized spacial score (nSPS) is 15.0. The summed E-state index contributed by atoms with van der Waals surface area (Å²) >= 11 is 6.01. The molecule has 5 nitrogen and oxygen atoms in total. The van der Waals surface area contributed by atoms with Crippen LogP contribution in [0.2, 0.25) is 5.02 Å². The van der Waals surface area contributed by atoms with Gasteiger partial charge in [0.15, 0.2) is 0 Å². The number of likely N-dealkylation sites (tertiary alicyclic amines) is 1. The molecule has 2 N–H and O–H groups in total. The Morgan fingerprint density at radius 2 is 1.96 bits per heavy atom. The lowest BCUT2D eigenvalue weighted by Gasteiger charge is -2.32. The predicted octanol–water partition coefficient (Wildman–Crippen LogP) is 2.89. The molecule has 0 atom stereocenters. The van der Waals surface area contributed by atoms with E-state index in [2.05, 4.69) is 0 Å². The van der Waals surface area contributed by atoms with Gasteiger partial charge in [0.25, 0.3) is 0 Å². The molecule has 1 saturated heterocycles. The highest BCUT2D eigenvalue weighted by Gasteiger charge is 2.22. The molecular formula is C17H26Cl2N2O3. The van der Waals surface area contributed by atoms with E-state index in [1.54, 1.807) is 12.1 Å². The number of rotatable bonds is 8. The van der Waals surface area contributed by atoms with Crippen LogP contribution >= 0.6 is 24.0 Å². The quantitative estimate of drug-likeness (QED) is 0.708. The van der Waals surface area contributed by atoms with E-state index >= 15 is 0 Å². The Labute approximate surface area is 154 Å². The van der Waals surface area contributed by atoms with Crippen molar-refractivity contribution in [2.24, 2.45) is 5.73 Å². The van der Waals surface area contributed by atoms with E-state index in [1.807, 2.05) is 17.0 Å². The first-order chi connectivity index (χ1) is 11.2. The van der Waals surface area contributed by atoms with Crippen LogP contribution in [0.1, 0.15) is 25.7 Å². The third kappa shape index (κ3) is 6.85. The zero-order chi connectivity index (χ0) is 16.5. The number of ether oxygens (including phenoxy) is 2. The SMILES string of the molecule is Cl.NCCCOC1CCN(C(=O)CCOc2ccccc2Cl)CC1. The third-order valence-electron chi connectivity index (χ3n) is 3.91. The number of nitrogens with zero attached hydrogens (tertiary/aromatic N) is 1. The van der Waals surface area contributed by atoms with Gasteiger partial charge in [-0.3, -0.25) is 4.79 Å². The molecule has 0 aromatic heterocycles. The van der Waals surface area contributed by atoms with Crippen molar-refractivity contribution < 1.29 is 14.3 Å². The van der Waals surface area contributed by atoms with Crippen molar-refractivity contribution in [2.75, 3.05) is 32.8 Å². The van der Waals surface area contributed by atoms with Gasteiger partial charge in [0, 0.05) is 19.7 Å². The second-order valence-electron chi connectivity index (χ2n) is 5.62. The molecule has 1 aliphatic heterocycles. The lowest BCUT2D eigenvalue weighted by Crippen LogP contribution is -2.41. The Bertz CT molecular complexity index is 494. The first-order valence-corrected chi connectivity index (χ1v) is 8.55. The van der Waals surface area contributed by atoms with Crippen molar-refractivity contribution in [3.8, 4) is 5.75 Å². The Balaban J connectivity index is 0.00000288. The molecular weight excluding hydrogens is 351 g/mol. The van der Waals surface area contributed by atoms with Crippen molar-refractivity contribution >= 4 is 29.9 Å². The second kappa shape index (κ2) is 11.5. The van der Waals surface area contributed by atoms with Gasteiger partial charge in [-0.1, -0.05) is 23.7 Å². The number of halogens is 2. The van der Waals surface area contributed by atoms with Gasteiger partial charge in [0.1, 0.15) is 5.75 Å². The summed E-state index contributed by atoms with van der Waals surface area (Å²) in [5.41, 5.74) is 5.45. The maximum atomic E-state index is 12.2. The van der Waals surface area contributed by atoms with Crippen LogP contribution in [0.5, 0.6) is 5.75 Å². The fourth-order valence-corrected chi connectivity index (χ4v) is 2.76. The second-order valence-corrected chi connectivity index (χ2v) is 6.03. The fourth-order valence-electron chi connectivity index (χ4n) is 2.57. The standard InChI is InChI=1S/C17H25ClN2O3.ClH/c18-15-4-1-2-5-16(15)23-13-8-17(21)20-10-6-14(7-11-20)22-12-3-9-19;/h1-2,4-5,14H,3,6-13,19H2;1H. The molecule has 1 aromatic rings. The van der Waals surface area contributed by atoms with Gasteiger partial charge in [-0.25, -0.2) is 0 Å². The summed E-state index contributed by atoms with van der Waals surface area (Å²) < 4.78 is 11.3. The van der Waals surface area contributed by atoms with Crippen LogP contribution in [0.3, 0.4) is 0 Å². The van der Waals surface area contributed by atoms with E-state index in [4.69, 9.17) is 26.8 Å². The molecule has 0 aliphatic carbocycles. The zero-order valence-electron chi connectivity index (χ0n) is 13.8. The van der Waals surface area contributed by atoms with E-state index < -0.39 is 0 Å². The minimum Gasteiger partial charge on any atom is -0.491 e. The van der Waals surface area contributed by atoms with Gasteiger partial charge in [-0.05, 0) is 37.9 Å². The van der Waals surface area contributed by atoms with Crippen LogP contribution in [0.25, 0.3) is 0 Å². The van der Waals surface area contributed by atoms with Gasteiger partial charge in [0.05, 0.1) is 24.2 Å². The summed E-state index contributed by atoms with van der Waals surface area (Å²) in [5, 5.41) is 0.565. The highest BCUT2D eigenvalue weighted by Crippen LogP contribution is 2.23. The van der Waals surface area contributed by atoms with E-state index in [9.17, 15) is 4.79 Å². The number of benzene rings is 1. The summed E-state index contributed by atoms with van der Waals surface area (Å²) in [5.74, 6) is 0.742. The van der Waals surface area contributed by atoms with Gasteiger partial charge < -0.3 is 20.1 Å². The molecule has 1 aliphatic rings. The molecule has 0 unspecified atom stereocenters. The fraction of sp³-hybridized carbons (Fsp3) is 0.588. The molecule has 1 fully saturated rings. The summed E-state index contributed by atoms with van der Waals surface area (Å²) in [6.07, 6.45) is 3.29. The van der Waals surface area contributed by atoms with Gasteiger partial charge in [-0.15, -0.1) is 12.4 Å². The largest absolute Gasteiger partial charge is 0.491 e. The highest BCUT2D eigenvalue weighted by atomic mass is 35.5. The van der Waals surface area contributed by atoms with Gasteiger partial charge >= 0.3 is 0 Å². The Morgan fingerprint density at radius 3 is 2.62 bits per heavy atom. The van der Waals surface area contributed by atoms with Crippen molar-refractivity contribution in [3.05, 3.63) is 29.3 Å². The molecule has 0 spiro atoms. The molecule has 24 heavy (non-hydrogen) atoms. The highest BCUT2D eigenvalue weighted by molar-refractivity contribution is 6.32. The molecule has 2 rings (SSSR count). The van der Waals surface area contributed by atoms with E-state index in [1.165, 1.54) is 0 Å². The van der Waals surface area contributed by atoms with E-state index in [0.717, 1.165) is 32.4 Å². The molecule has 1 heterocycles. The first-order valence-electron chi connectivity index (χ1n) is 8.17. The number of para-hydroxylation sites is 1. The smallest absolute Gasteiger partial charge is 0.226 e. The topological polar surface area (TPSA) is 64.8 Å². The van der Waals surface area contributed by atoms with Crippen molar-refractivity contribution in [2.45, 2.75) is 31.8 Å². The average molecular weight is 377 g/mol. The summed E-state index contributed by atoms with van der Waals surface area (Å²) in [6, 6.07) is 7.28. The predicted molar refractivity (Wildman–Crippen MR) is 98.0 cm³/mol. The van der Waals surface area contributed by atoms with Crippen molar-refractivity contribution in [1.29, 1.82) is 0 Å². The minimum absolute atomic E-state index is 0. The van der Waals surface area contributed by atoms with Crippen LogP contribution in [-0.4, -0.2) is 49.8 Å². The number of nitrogens with two attached hydrogens (primary N) is 1. The van der Waals surface area contributed by atoms with Crippen LogP contribution in [0.15, 0.2) is 24.3 Å². The zero-order valence-corrected chi connectivity index (χ0v) is 15.4. The maximum Gasteiger partial charge on any atom is 0.226 e. The molecule has 0 bridgehead atoms. The van der Waals surface area contributed by atoms with Crippen LogP contribution < -0.4 is 10.5 Å². The summed E-state index contributed by atoms with van der Waals surface area (Å²) in [6.45, 7) is 3.20. The molecule has 1 amide bonds. The van der Waals surface area contributed by atoms with Crippen LogP contribution in [-0.2, 0) is 9.53 Å². The lowest BCUT2D eigenvalue weighted by molar-refractivity contribution is -0.134. The number of amides is 1. The average Bonchev–Trinajstić information content (AvgIpc) is 2.57. The first kappa shape index (κ1) is 21.0. The number of hydrogen-bond donors (Lipinski definition) is 1. The molecule has 1 aromatic carbocycles. The summed E-state index contributed by atoms with van der Waals surface area (Å²) in [4.78, 5) is 14.1. The van der Waals surface area contributed by atoms with E-state index in [-0.39, 0.29) is 24.4 Å². The number of carbonyl (C=O) groups is 1. The number of piperidine rings is 1.